The first-order valence-electron chi connectivity index (χ1n) is 15.1. The quantitative estimate of drug-likeness (QED) is 0.168. The van der Waals surface area contributed by atoms with Crippen LogP contribution in [0.25, 0.3) is 0 Å². The average molecular weight is 616 g/mol. The molecule has 1 aliphatic heterocycles. The van der Waals surface area contributed by atoms with E-state index in [9.17, 15) is 19.2 Å². The highest BCUT2D eigenvalue weighted by Gasteiger charge is 2.52. The van der Waals surface area contributed by atoms with Crippen molar-refractivity contribution in [2.45, 2.75) is 136 Å². The maximum atomic E-state index is 12.1. The van der Waals surface area contributed by atoms with Gasteiger partial charge in [0, 0.05) is 39.8 Å². The van der Waals surface area contributed by atoms with Gasteiger partial charge in [0.05, 0.1) is 0 Å². The van der Waals surface area contributed by atoms with Crippen molar-refractivity contribution in [3.05, 3.63) is 0 Å². The molecule has 240 valence electrons. The number of rotatable bonds is 14. The molecule has 3 unspecified atom stereocenters. The molecule has 7 atom stereocenters. The topological polar surface area (TPSA) is 142 Å². The van der Waals surface area contributed by atoms with E-state index in [0.717, 1.165) is 64.5 Å². The normalized spacial score (nSPS) is 27.5. The number of hydrogen-bond acceptors (Lipinski definition) is 11. The van der Waals surface area contributed by atoms with Crippen LogP contribution in [-0.2, 0) is 42.9 Å². The van der Waals surface area contributed by atoms with Crippen molar-refractivity contribution < 1.29 is 42.9 Å². The lowest BCUT2D eigenvalue weighted by Gasteiger charge is -2.45. The predicted octanol–water partition coefficient (Wildman–Crippen LogP) is 2.75. The van der Waals surface area contributed by atoms with E-state index < -0.39 is 54.5 Å². The second-order valence-corrected chi connectivity index (χ2v) is 11.3. The maximum absolute atomic E-state index is 12.1. The Balaban J connectivity index is 2.31. The van der Waals surface area contributed by atoms with E-state index in [0.29, 0.717) is 6.04 Å². The molecule has 13 heteroatoms. The molecule has 0 bridgehead atoms. The second-order valence-electron chi connectivity index (χ2n) is 10.9. The molecular weight excluding hydrogens is 566 g/mol. The van der Waals surface area contributed by atoms with Crippen LogP contribution in [0, 0.1) is 0 Å². The van der Waals surface area contributed by atoms with Gasteiger partial charge in [0.25, 0.3) is 0 Å². The van der Waals surface area contributed by atoms with Crippen LogP contribution in [-0.4, -0.2) is 96.3 Å². The van der Waals surface area contributed by atoms with E-state index in [1.165, 1.54) is 27.7 Å². The van der Waals surface area contributed by atoms with Crippen LogP contribution in [0.2, 0.25) is 0 Å². The molecule has 1 saturated carbocycles. The highest BCUT2D eigenvalue weighted by atomic mass is 32.1. The maximum Gasteiger partial charge on any atom is 0.303 e. The first-order chi connectivity index (χ1) is 20.0. The van der Waals surface area contributed by atoms with Gasteiger partial charge in [-0.1, -0.05) is 39.5 Å². The zero-order valence-corrected chi connectivity index (χ0v) is 26.7. The second kappa shape index (κ2) is 18.2. The van der Waals surface area contributed by atoms with Crippen molar-refractivity contribution in [1.82, 2.24) is 15.5 Å². The third kappa shape index (κ3) is 11.6. The number of thiocarbonyl (C=S) groups is 1. The Morgan fingerprint density at radius 2 is 1.33 bits per heavy atom. The van der Waals surface area contributed by atoms with E-state index in [2.05, 4.69) is 29.4 Å². The molecule has 2 fully saturated rings. The van der Waals surface area contributed by atoms with E-state index in [1.54, 1.807) is 0 Å². The van der Waals surface area contributed by atoms with Crippen LogP contribution in [0.1, 0.15) is 92.9 Å². The zero-order chi connectivity index (χ0) is 31.2. The summed E-state index contributed by atoms with van der Waals surface area (Å²) < 4.78 is 27.8. The van der Waals surface area contributed by atoms with Crippen molar-refractivity contribution >= 4 is 41.2 Å². The van der Waals surface area contributed by atoms with Crippen LogP contribution in [0.15, 0.2) is 0 Å². The fraction of sp³-hybridized carbons (Fsp3) is 0.828. The summed E-state index contributed by atoms with van der Waals surface area (Å²) in [5.41, 5.74) is 0. The number of unbranched alkanes of at least 4 members (excludes halogenated alkanes) is 2. The lowest BCUT2D eigenvalue weighted by atomic mass is 9.88. The molecule has 1 heterocycles. The monoisotopic (exact) mass is 615 g/mol. The van der Waals surface area contributed by atoms with E-state index in [4.69, 9.17) is 35.9 Å². The largest absolute Gasteiger partial charge is 0.463 e. The lowest BCUT2D eigenvalue weighted by molar-refractivity contribution is -0.255. The molecule has 1 aliphatic carbocycles. The smallest absolute Gasteiger partial charge is 0.303 e. The van der Waals surface area contributed by atoms with Crippen LogP contribution in [0.3, 0.4) is 0 Å². The van der Waals surface area contributed by atoms with Gasteiger partial charge in [-0.2, -0.15) is 0 Å². The van der Waals surface area contributed by atoms with Crippen molar-refractivity contribution in [3.8, 4) is 0 Å². The van der Waals surface area contributed by atoms with Gasteiger partial charge >= 0.3 is 23.9 Å². The summed E-state index contributed by atoms with van der Waals surface area (Å²) in [6.45, 7) is 11.0. The Bertz CT molecular complexity index is 913. The van der Waals surface area contributed by atoms with Crippen LogP contribution < -0.4 is 10.6 Å². The standard InChI is InChI=1S/C29H49N3O9S/c1-7-9-15-32(16-10-8-2)23-14-12-11-13-22(23)30-29(42)31-28-27(40-21(6)36)26(39-20(5)35)25(38-19(4)34)24(41-28)17-37-18(3)33/h22-28H,7-17H2,1-6H3,(H2,30,31,42)/t22-,23-,24?,25+,26?,27?,28+/m0/s1. The summed E-state index contributed by atoms with van der Waals surface area (Å²) in [5.74, 6) is -2.61. The van der Waals surface area contributed by atoms with Gasteiger partial charge in [-0.25, -0.2) is 0 Å². The number of carbonyl (C=O) groups is 4. The molecule has 0 amide bonds. The fourth-order valence-corrected chi connectivity index (χ4v) is 5.83. The molecular formula is C29H49N3O9S. The minimum Gasteiger partial charge on any atom is -0.463 e. The SMILES string of the molecule is CCCCN(CCCC)[C@H]1CCCC[C@@H]1NC(=S)N[C@@H]1OC(COC(C)=O)[C@@H](OC(C)=O)C(OC(C)=O)C1OC(C)=O. The molecule has 42 heavy (non-hydrogen) atoms. The van der Waals surface area contributed by atoms with Gasteiger partial charge < -0.3 is 34.3 Å². The molecule has 2 aliphatic rings. The molecule has 2 rings (SSSR count). The van der Waals surface area contributed by atoms with Gasteiger partial charge in [0.2, 0.25) is 0 Å². The van der Waals surface area contributed by atoms with E-state index >= 15 is 0 Å². The summed E-state index contributed by atoms with van der Waals surface area (Å²) in [6, 6.07) is 0.408. The van der Waals surface area contributed by atoms with Crippen molar-refractivity contribution in [1.29, 1.82) is 0 Å². The first kappa shape index (κ1) is 35.7. The highest BCUT2D eigenvalue weighted by molar-refractivity contribution is 7.80. The van der Waals surface area contributed by atoms with E-state index in [-0.39, 0.29) is 17.8 Å². The van der Waals surface area contributed by atoms with Gasteiger partial charge in [-0.05, 0) is 51.0 Å². The summed E-state index contributed by atoms with van der Waals surface area (Å²) >= 11 is 5.73. The summed E-state index contributed by atoms with van der Waals surface area (Å²) in [4.78, 5) is 50.4. The van der Waals surface area contributed by atoms with Crippen molar-refractivity contribution in [2.24, 2.45) is 0 Å². The molecule has 0 aromatic carbocycles. The number of nitrogens with one attached hydrogen (secondary N) is 2. The number of carbonyl (C=O) groups excluding carboxylic acids is 4. The first-order valence-corrected chi connectivity index (χ1v) is 15.5. The fourth-order valence-electron chi connectivity index (χ4n) is 5.57. The molecule has 1 saturated heterocycles. The molecule has 12 nitrogen and oxygen atoms in total. The minimum atomic E-state index is -1.26. The summed E-state index contributed by atoms with van der Waals surface area (Å²) in [5, 5.41) is 6.84. The molecule has 0 aromatic rings. The highest BCUT2D eigenvalue weighted by Crippen LogP contribution is 2.29. The number of ether oxygens (including phenoxy) is 5. The molecule has 0 aromatic heterocycles. The van der Waals surface area contributed by atoms with Gasteiger partial charge in [-0.3, -0.25) is 24.1 Å². The summed E-state index contributed by atoms with van der Waals surface area (Å²) in [7, 11) is 0. The van der Waals surface area contributed by atoms with Gasteiger partial charge in [0.15, 0.2) is 29.7 Å². The number of esters is 4. The minimum absolute atomic E-state index is 0.0955. The van der Waals surface area contributed by atoms with E-state index in [1.807, 2.05) is 0 Å². The molecule has 0 spiro atoms. The van der Waals surface area contributed by atoms with Crippen molar-refractivity contribution in [2.75, 3.05) is 19.7 Å². The average Bonchev–Trinajstić information content (AvgIpc) is 2.90. The third-order valence-corrected chi connectivity index (χ3v) is 7.61. The Labute approximate surface area is 254 Å². The summed E-state index contributed by atoms with van der Waals surface area (Å²) in [6.07, 6.45) is 2.87. The van der Waals surface area contributed by atoms with Crippen molar-refractivity contribution in [3.63, 3.8) is 0 Å². The predicted molar refractivity (Wildman–Crippen MR) is 158 cm³/mol. The Morgan fingerprint density at radius 1 is 0.786 bits per heavy atom. The Morgan fingerprint density at radius 3 is 1.88 bits per heavy atom. The van der Waals surface area contributed by atoms with Gasteiger partial charge in [-0.15, -0.1) is 0 Å². The number of hydrogen-bond donors (Lipinski definition) is 2. The Kier molecular flexibility index (Phi) is 15.5. The molecule has 2 N–H and O–H groups in total. The number of nitrogens with zero attached hydrogens (tertiary/aromatic N) is 1. The van der Waals surface area contributed by atoms with Gasteiger partial charge in [0.1, 0.15) is 12.7 Å². The lowest BCUT2D eigenvalue weighted by Crippen LogP contribution is -2.67. The van der Waals surface area contributed by atoms with Crippen LogP contribution in [0.4, 0.5) is 0 Å². The Hall–Kier alpha value is -2.51. The zero-order valence-electron chi connectivity index (χ0n) is 25.8. The van der Waals surface area contributed by atoms with Crippen LogP contribution in [0.5, 0.6) is 0 Å². The molecule has 0 radical (unpaired) electrons. The third-order valence-electron chi connectivity index (χ3n) is 7.38. The van der Waals surface area contributed by atoms with Crippen LogP contribution >= 0.6 is 12.2 Å².